The molecule has 1 amide bonds. The van der Waals surface area contributed by atoms with Crippen LogP contribution in [-0.2, 0) is 0 Å². The fraction of sp³-hybridized carbons (Fsp3) is 0.889. The van der Waals surface area contributed by atoms with Crippen LogP contribution in [0, 0.1) is 0 Å². The van der Waals surface area contributed by atoms with Crippen LogP contribution < -0.4 is 10.6 Å². The molecule has 0 saturated heterocycles. The molecule has 0 aromatic rings. The van der Waals surface area contributed by atoms with Gasteiger partial charge in [0.2, 0.25) is 0 Å². The smallest absolute Gasteiger partial charge is 0.405 e. The largest absolute Gasteiger partial charge is 0.465 e. The van der Waals surface area contributed by atoms with E-state index in [4.69, 9.17) is 5.11 Å². The first-order valence-electron chi connectivity index (χ1n) is 4.71. The summed E-state index contributed by atoms with van der Waals surface area (Å²) in [7, 11) is 1.77. The SMILES string of the molecule is CNCC(O)CCC(C)(C)NC(=O)O. The maximum absolute atomic E-state index is 10.4. The highest BCUT2D eigenvalue weighted by Gasteiger charge is 2.20. The molecule has 1 unspecified atom stereocenters. The lowest BCUT2D eigenvalue weighted by Crippen LogP contribution is -2.43. The van der Waals surface area contributed by atoms with Crippen LogP contribution in [0.1, 0.15) is 26.7 Å². The maximum atomic E-state index is 10.4. The van der Waals surface area contributed by atoms with Crippen molar-refractivity contribution in [2.24, 2.45) is 0 Å². The number of rotatable bonds is 6. The number of hydrogen-bond donors (Lipinski definition) is 4. The van der Waals surface area contributed by atoms with Crippen LogP contribution in [0.2, 0.25) is 0 Å². The van der Waals surface area contributed by atoms with Gasteiger partial charge in [-0.3, -0.25) is 0 Å². The zero-order valence-electron chi connectivity index (χ0n) is 9.00. The molecule has 0 aliphatic heterocycles. The highest BCUT2D eigenvalue weighted by atomic mass is 16.4. The van der Waals surface area contributed by atoms with Crippen molar-refractivity contribution in [1.29, 1.82) is 0 Å². The molecule has 0 aliphatic rings. The number of aliphatic hydroxyl groups excluding tert-OH is 1. The van der Waals surface area contributed by atoms with Gasteiger partial charge in [0.25, 0.3) is 0 Å². The van der Waals surface area contributed by atoms with E-state index in [1.165, 1.54) is 0 Å². The van der Waals surface area contributed by atoms with Crippen LogP contribution in [-0.4, -0.2) is 41.5 Å². The summed E-state index contributed by atoms with van der Waals surface area (Å²) in [5.74, 6) is 0. The second-order valence-corrected chi connectivity index (χ2v) is 4.06. The van der Waals surface area contributed by atoms with Gasteiger partial charge in [0.05, 0.1) is 6.10 Å². The third kappa shape index (κ3) is 6.68. The first-order chi connectivity index (χ1) is 6.37. The van der Waals surface area contributed by atoms with E-state index in [1.807, 2.05) is 0 Å². The quantitative estimate of drug-likeness (QED) is 0.504. The Hall–Kier alpha value is -0.810. The molecule has 0 heterocycles. The molecule has 5 heteroatoms. The van der Waals surface area contributed by atoms with Crippen molar-refractivity contribution in [2.45, 2.75) is 38.3 Å². The molecule has 0 aromatic heterocycles. The van der Waals surface area contributed by atoms with E-state index in [0.717, 1.165) is 0 Å². The molecular formula is C9H20N2O3. The fourth-order valence-electron chi connectivity index (χ4n) is 1.22. The van der Waals surface area contributed by atoms with Crippen molar-refractivity contribution >= 4 is 6.09 Å². The second kappa shape index (κ2) is 5.82. The van der Waals surface area contributed by atoms with Crippen molar-refractivity contribution in [2.75, 3.05) is 13.6 Å². The Balaban J connectivity index is 3.80. The molecule has 0 rings (SSSR count). The number of carboxylic acid groups (broad SMARTS) is 1. The van der Waals surface area contributed by atoms with E-state index in [-0.39, 0.29) is 0 Å². The summed E-state index contributed by atoms with van der Waals surface area (Å²) in [5.41, 5.74) is -0.486. The van der Waals surface area contributed by atoms with E-state index < -0.39 is 17.7 Å². The van der Waals surface area contributed by atoms with E-state index in [9.17, 15) is 9.90 Å². The Bertz CT molecular complexity index is 183. The highest BCUT2D eigenvalue weighted by Crippen LogP contribution is 2.12. The average molecular weight is 204 g/mol. The minimum absolute atomic E-state index is 0.421. The van der Waals surface area contributed by atoms with Gasteiger partial charge in [0.1, 0.15) is 0 Å². The Morgan fingerprint density at radius 3 is 2.50 bits per heavy atom. The zero-order valence-corrected chi connectivity index (χ0v) is 9.00. The molecule has 0 radical (unpaired) electrons. The van der Waals surface area contributed by atoms with Gasteiger partial charge in [0, 0.05) is 12.1 Å². The molecule has 0 aliphatic carbocycles. The van der Waals surface area contributed by atoms with Gasteiger partial charge >= 0.3 is 6.09 Å². The summed E-state index contributed by atoms with van der Waals surface area (Å²) < 4.78 is 0. The normalized spacial score (nSPS) is 13.7. The van der Waals surface area contributed by atoms with Gasteiger partial charge in [-0.25, -0.2) is 4.79 Å². The molecule has 0 saturated carbocycles. The zero-order chi connectivity index (χ0) is 11.2. The number of carbonyl (C=O) groups is 1. The van der Waals surface area contributed by atoms with E-state index in [1.54, 1.807) is 20.9 Å². The Kier molecular flexibility index (Phi) is 5.49. The summed E-state index contributed by atoms with van der Waals surface area (Å²) >= 11 is 0. The molecule has 0 spiro atoms. The topological polar surface area (TPSA) is 81.6 Å². The number of nitrogens with one attached hydrogen (secondary N) is 2. The molecular weight excluding hydrogens is 184 g/mol. The molecule has 0 bridgehead atoms. The van der Waals surface area contributed by atoms with E-state index in [2.05, 4.69) is 10.6 Å². The molecule has 0 aromatic carbocycles. The number of likely N-dealkylation sites (N-methyl/N-ethyl adjacent to an activating group) is 1. The fourth-order valence-corrected chi connectivity index (χ4v) is 1.22. The van der Waals surface area contributed by atoms with Crippen LogP contribution in [0.15, 0.2) is 0 Å². The van der Waals surface area contributed by atoms with Gasteiger partial charge in [-0.15, -0.1) is 0 Å². The van der Waals surface area contributed by atoms with Crippen molar-refractivity contribution < 1.29 is 15.0 Å². The van der Waals surface area contributed by atoms with Gasteiger partial charge < -0.3 is 20.8 Å². The second-order valence-electron chi connectivity index (χ2n) is 4.06. The number of aliphatic hydroxyl groups is 1. The van der Waals surface area contributed by atoms with Crippen molar-refractivity contribution in [3.8, 4) is 0 Å². The lowest BCUT2D eigenvalue weighted by Gasteiger charge is -2.25. The van der Waals surface area contributed by atoms with Crippen LogP contribution >= 0.6 is 0 Å². The van der Waals surface area contributed by atoms with Gasteiger partial charge in [-0.05, 0) is 33.7 Å². The van der Waals surface area contributed by atoms with Gasteiger partial charge in [-0.2, -0.15) is 0 Å². The van der Waals surface area contributed by atoms with Crippen molar-refractivity contribution in [3.05, 3.63) is 0 Å². The van der Waals surface area contributed by atoms with Gasteiger partial charge in [0.15, 0.2) is 0 Å². The van der Waals surface area contributed by atoms with Crippen LogP contribution in [0.4, 0.5) is 4.79 Å². The maximum Gasteiger partial charge on any atom is 0.405 e. The Labute approximate surface area is 84.5 Å². The number of amides is 1. The molecule has 4 N–H and O–H groups in total. The predicted molar refractivity (Wildman–Crippen MR) is 54.4 cm³/mol. The monoisotopic (exact) mass is 204 g/mol. The first-order valence-corrected chi connectivity index (χ1v) is 4.71. The molecule has 84 valence electrons. The third-order valence-corrected chi connectivity index (χ3v) is 1.99. The summed E-state index contributed by atoms with van der Waals surface area (Å²) in [6.07, 6.45) is -0.260. The minimum Gasteiger partial charge on any atom is -0.465 e. The van der Waals surface area contributed by atoms with Crippen molar-refractivity contribution in [1.82, 2.24) is 10.6 Å². The molecule has 0 fully saturated rings. The predicted octanol–water partition coefficient (Wildman–Crippen LogP) is 0.393. The third-order valence-electron chi connectivity index (χ3n) is 1.99. The lowest BCUT2D eigenvalue weighted by atomic mass is 9.96. The van der Waals surface area contributed by atoms with E-state index in [0.29, 0.717) is 19.4 Å². The summed E-state index contributed by atoms with van der Waals surface area (Å²) in [6, 6.07) is 0. The van der Waals surface area contributed by atoms with E-state index >= 15 is 0 Å². The molecule has 1 atom stereocenters. The first kappa shape index (κ1) is 13.2. The number of hydrogen-bond acceptors (Lipinski definition) is 3. The highest BCUT2D eigenvalue weighted by molar-refractivity contribution is 5.65. The van der Waals surface area contributed by atoms with Crippen LogP contribution in [0.3, 0.4) is 0 Å². The van der Waals surface area contributed by atoms with Gasteiger partial charge in [-0.1, -0.05) is 0 Å². The Morgan fingerprint density at radius 1 is 1.50 bits per heavy atom. The van der Waals surface area contributed by atoms with Crippen molar-refractivity contribution in [3.63, 3.8) is 0 Å². The Morgan fingerprint density at radius 2 is 2.07 bits per heavy atom. The lowest BCUT2D eigenvalue weighted by molar-refractivity contribution is 0.143. The molecule has 5 nitrogen and oxygen atoms in total. The van der Waals surface area contributed by atoms with Crippen LogP contribution in [0.5, 0.6) is 0 Å². The molecule has 14 heavy (non-hydrogen) atoms. The minimum atomic E-state index is -1.03. The summed E-state index contributed by atoms with van der Waals surface area (Å²) in [5, 5.41) is 23.2. The van der Waals surface area contributed by atoms with Crippen LogP contribution in [0.25, 0.3) is 0 Å². The standard InChI is InChI=1S/C9H20N2O3/c1-9(2,11-8(13)14)5-4-7(12)6-10-3/h7,10-12H,4-6H2,1-3H3,(H,13,14). The average Bonchev–Trinajstić information content (AvgIpc) is 1.99. The summed E-state index contributed by atoms with van der Waals surface area (Å²) in [4.78, 5) is 10.4. The summed E-state index contributed by atoms with van der Waals surface area (Å²) in [6.45, 7) is 4.13.